The minimum Gasteiger partial charge on any atom is -0.425 e. The monoisotopic (exact) mass is 776 g/mol. The fraction of sp³-hybridized carbons (Fsp3) is 0.590. The van der Waals surface area contributed by atoms with E-state index in [0.717, 1.165) is 36.8 Å². The number of hydrogen-bond donors (Lipinski definition) is 5. The predicted molar refractivity (Wildman–Crippen MR) is 210 cm³/mol. The zero-order valence-corrected chi connectivity index (χ0v) is 34.4. The standard InChI is InChI=1S/C39H61N4O10P/c1-12-29(20-34(44)51-38(26(8)9)52-37(46)35(25(6)7)42-36(45)28(11)53-54(48,49)50)30-15-18-33(43(21-23(2)3)22-24(4)5)32(19-30)41-39(47)40-31-16-13-27(10)14-17-31/h13-19,23-26,28-29,35,38H,12,20-22H2,1-11H3,(H,42,45)(H2,40,41,47)(H2,48,49,50). The molecule has 0 heterocycles. The minimum atomic E-state index is -4.95. The first-order valence-electron chi connectivity index (χ1n) is 18.6. The van der Waals surface area contributed by atoms with Gasteiger partial charge in [-0.05, 0) is 73.8 Å². The van der Waals surface area contributed by atoms with Crippen molar-refractivity contribution in [3.8, 4) is 0 Å². The third-order valence-corrected chi connectivity index (χ3v) is 8.97. The number of aryl methyl sites for hydroxylation is 1. The van der Waals surface area contributed by atoms with Crippen LogP contribution in [0.15, 0.2) is 42.5 Å². The Morgan fingerprint density at radius 1 is 0.815 bits per heavy atom. The van der Waals surface area contributed by atoms with Crippen molar-refractivity contribution in [2.75, 3.05) is 28.6 Å². The number of phosphoric acid groups is 1. The summed E-state index contributed by atoms with van der Waals surface area (Å²) in [5.74, 6) is -2.96. The molecule has 14 nitrogen and oxygen atoms in total. The van der Waals surface area contributed by atoms with Crippen LogP contribution in [0.4, 0.5) is 21.9 Å². The van der Waals surface area contributed by atoms with E-state index >= 15 is 0 Å². The van der Waals surface area contributed by atoms with Gasteiger partial charge in [0.05, 0.1) is 17.8 Å². The summed E-state index contributed by atoms with van der Waals surface area (Å²) in [4.78, 5) is 72.9. The van der Waals surface area contributed by atoms with E-state index in [-0.39, 0.29) is 12.3 Å². The minimum absolute atomic E-state index is 0.0467. The van der Waals surface area contributed by atoms with Crippen LogP contribution >= 0.6 is 7.82 Å². The Balaban J connectivity index is 2.32. The lowest BCUT2D eigenvalue weighted by Gasteiger charge is -2.31. The van der Waals surface area contributed by atoms with Gasteiger partial charge in [0, 0.05) is 24.7 Å². The highest BCUT2D eigenvalue weighted by molar-refractivity contribution is 7.46. The van der Waals surface area contributed by atoms with Crippen molar-refractivity contribution in [1.82, 2.24) is 5.32 Å². The summed E-state index contributed by atoms with van der Waals surface area (Å²) in [5.41, 5.74) is 3.99. The summed E-state index contributed by atoms with van der Waals surface area (Å²) < 4.78 is 26.9. The average Bonchev–Trinajstić information content (AvgIpc) is 3.04. The quantitative estimate of drug-likeness (QED) is 0.0513. The van der Waals surface area contributed by atoms with Gasteiger partial charge in [0.25, 0.3) is 0 Å². The molecule has 0 saturated heterocycles. The van der Waals surface area contributed by atoms with Crippen LogP contribution in [0, 0.1) is 30.6 Å². The molecule has 0 radical (unpaired) electrons. The van der Waals surface area contributed by atoms with Crippen molar-refractivity contribution >= 4 is 48.8 Å². The first-order chi connectivity index (χ1) is 25.1. The molecule has 2 aromatic rings. The SMILES string of the molecule is CCC(CC(=O)OC(OC(=O)C(NC(=O)C(C)OP(=O)(O)O)C(C)C)C(C)C)c1ccc(N(CC(C)C)CC(C)C)c(NC(=O)Nc2ccc(C)cc2)c1. The number of ether oxygens (including phenoxy) is 2. The van der Waals surface area contributed by atoms with E-state index in [1.807, 2.05) is 56.3 Å². The van der Waals surface area contributed by atoms with Gasteiger partial charge in [-0.25, -0.2) is 14.2 Å². The van der Waals surface area contributed by atoms with Crippen LogP contribution in [-0.4, -0.2) is 65.2 Å². The summed E-state index contributed by atoms with van der Waals surface area (Å²) in [6.45, 7) is 21.9. The topological polar surface area (TPSA) is 193 Å². The summed E-state index contributed by atoms with van der Waals surface area (Å²) in [7, 11) is -4.95. The number of phosphoric ester groups is 1. The van der Waals surface area contributed by atoms with E-state index in [4.69, 9.17) is 19.3 Å². The van der Waals surface area contributed by atoms with Crippen molar-refractivity contribution in [2.24, 2.45) is 23.7 Å². The number of carbonyl (C=O) groups excluding carboxylic acids is 4. The van der Waals surface area contributed by atoms with Gasteiger partial charge in [-0.1, -0.05) is 86.1 Å². The van der Waals surface area contributed by atoms with Gasteiger partial charge in [-0.2, -0.15) is 0 Å². The Labute approximate surface area is 320 Å². The molecule has 0 spiro atoms. The van der Waals surface area contributed by atoms with Gasteiger partial charge in [-0.15, -0.1) is 0 Å². The number of urea groups is 1. The summed E-state index contributed by atoms with van der Waals surface area (Å²) >= 11 is 0. The van der Waals surface area contributed by atoms with E-state index in [2.05, 4.69) is 53.1 Å². The Hall–Kier alpha value is -3.97. The third kappa shape index (κ3) is 15.8. The number of carbonyl (C=O) groups is 4. The second-order valence-electron chi connectivity index (χ2n) is 15.2. The number of nitrogens with zero attached hydrogens (tertiary/aromatic N) is 1. The Morgan fingerprint density at radius 2 is 1.41 bits per heavy atom. The van der Waals surface area contributed by atoms with Crippen LogP contribution in [0.2, 0.25) is 0 Å². The van der Waals surface area contributed by atoms with Gasteiger partial charge in [0.15, 0.2) is 0 Å². The maximum Gasteiger partial charge on any atom is 0.470 e. The zero-order chi connectivity index (χ0) is 40.9. The molecule has 3 amide bonds. The van der Waals surface area contributed by atoms with Crippen molar-refractivity contribution < 1.29 is 47.5 Å². The largest absolute Gasteiger partial charge is 0.470 e. The molecule has 302 valence electrons. The zero-order valence-electron chi connectivity index (χ0n) is 33.5. The lowest BCUT2D eigenvalue weighted by molar-refractivity contribution is -0.198. The molecule has 0 aliphatic rings. The molecule has 0 aromatic heterocycles. The van der Waals surface area contributed by atoms with E-state index in [1.165, 1.54) is 0 Å². The van der Waals surface area contributed by atoms with Gasteiger partial charge in [-0.3, -0.25) is 14.1 Å². The smallest absolute Gasteiger partial charge is 0.425 e. The number of benzene rings is 2. The summed E-state index contributed by atoms with van der Waals surface area (Å²) in [6, 6.07) is 11.7. The van der Waals surface area contributed by atoms with Crippen molar-refractivity contribution in [3.05, 3.63) is 53.6 Å². The lowest BCUT2D eigenvalue weighted by atomic mass is 9.92. The Morgan fingerprint density at radius 3 is 1.91 bits per heavy atom. The van der Waals surface area contributed by atoms with E-state index in [9.17, 15) is 23.7 Å². The van der Waals surface area contributed by atoms with Gasteiger partial charge < -0.3 is 40.1 Å². The highest BCUT2D eigenvalue weighted by Gasteiger charge is 2.34. The molecule has 0 saturated carbocycles. The fourth-order valence-electron chi connectivity index (χ4n) is 5.64. The van der Waals surface area contributed by atoms with Gasteiger partial charge >= 0.3 is 25.8 Å². The van der Waals surface area contributed by atoms with E-state index in [1.54, 1.807) is 27.7 Å². The molecular weight excluding hydrogens is 715 g/mol. The van der Waals surface area contributed by atoms with Gasteiger partial charge in [0.2, 0.25) is 12.2 Å². The maximum atomic E-state index is 13.4. The molecule has 4 unspecified atom stereocenters. The Kier molecular flexibility index (Phi) is 18.1. The molecule has 5 N–H and O–H groups in total. The van der Waals surface area contributed by atoms with E-state index < -0.39 is 62.0 Å². The first kappa shape index (κ1) is 46.2. The normalized spacial score (nSPS) is 14.0. The molecule has 2 aromatic carbocycles. The molecule has 4 atom stereocenters. The molecule has 0 aliphatic carbocycles. The molecule has 0 aliphatic heterocycles. The van der Waals surface area contributed by atoms with Crippen molar-refractivity contribution in [1.29, 1.82) is 0 Å². The number of esters is 2. The molecule has 2 rings (SSSR count). The molecule has 0 fully saturated rings. The van der Waals surface area contributed by atoms with Crippen molar-refractivity contribution in [3.63, 3.8) is 0 Å². The molecular formula is C39H61N4O10P. The fourth-order valence-corrected chi connectivity index (χ4v) is 6.15. The summed E-state index contributed by atoms with van der Waals surface area (Å²) in [5, 5.41) is 8.36. The van der Waals surface area contributed by atoms with Crippen molar-refractivity contribution in [2.45, 2.75) is 113 Å². The van der Waals surface area contributed by atoms with E-state index in [0.29, 0.717) is 29.6 Å². The number of hydrogen-bond acceptors (Lipinski definition) is 9. The van der Waals surface area contributed by atoms with Crippen LogP contribution in [0.1, 0.15) is 99.1 Å². The molecule has 54 heavy (non-hydrogen) atoms. The second kappa shape index (κ2) is 21.2. The maximum absolute atomic E-state index is 13.4. The predicted octanol–water partition coefficient (Wildman–Crippen LogP) is 7.35. The lowest BCUT2D eigenvalue weighted by Crippen LogP contribution is -2.50. The van der Waals surface area contributed by atoms with Crippen LogP contribution in [0.5, 0.6) is 0 Å². The highest BCUT2D eigenvalue weighted by Crippen LogP contribution is 2.37. The second-order valence-corrected chi connectivity index (χ2v) is 16.4. The first-order valence-corrected chi connectivity index (χ1v) is 20.1. The number of nitrogens with one attached hydrogen (secondary N) is 3. The van der Waals surface area contributed by atoms with Crippen LogP contribution in [-0.2, 0) is 32.9 Å². The number of rotatable bonds is 20. The summed E-state index contributed by atoms with van der Waals surface area (Å²) in [6.07, 6.45) is -2.32. The molecule has 0 bridgehead atoms. The van der Waals surface area contributed by atoms with Crippen LogP contribution in [0.25, 0.3) is 0 Å². The average molecular weight is 777 g/mol. The van der Waals surface area contributed by atoms with Crippen LogP contribution < -0.4 is 20.9 Å². The molecule has 15 heteroatoms. The number of amides is 3. The van der Waals surface area contributed by atoms with Crippen LogP contribution in [0.3, 0.4) is 0 Å². The number of anilines is 3. The van der Waals surface area contributed by atoms with Gasteiger partial charge in [0.1, 0.15) is 12.1 Å². The highest BCUT2D eigenvalue weighted by atomic mass is 31.2. The Bertz CT molecular complexity index is 1580. The third-order valence-electron chi connectivity index (χ3n) is 8.37.